The number of carbonyl (C=O) groups excluding carboxylic acids is 1. The third-order valence-corrected chi connectivity index (χ3v) is 4.83. The molecule has 10 nitrogen and oxygen atoms in total. The molecular formula is C17H23N9O. The first-order valence-electron chi connectivity index (χ1n) is 9.07. The highest BCUT2D eigenvalue weighted by Gasteiger charge is 2.28. The van der Waals surface area contributed by atoms with Crippen LogP contribution in [0.25, 0.3) is 11.0 Å². The molecule has 1 amide bonds. The number of rotatable bonds is 7. The summed E-state index contributed by atoms with van der Waals surface area (Å²) in [6, 6.07) is 1.82. The van der Waals surface area contributed by atoms with Gasteiger partial charge in [-0.25, -0.2) is 0 Å². The quantitative estimate of drug-likeness (QED) is 0.500. The van der Waals surface area contributed by atoms with Crippen LogP contribution in [0, 0.1) is 5.92 Å². The Kier molecular flexibility index (Phi) is 4.38. The van der Waals surface area contributed by atoms with Crippen molar-refractivity contribution in [3.8, 4) is 0 Å². The SMILES string of the molecule is CNC(=O)C(C)n1ncc(Nc2nc(N[C@@H](C)C3CC3)c3cc[nH]c3n2)n1. The Morgan fingerprint density at radius 1 is 1.33 bits per heavy atom. The van der Waals surface area contributed by atoms with Gasteiger partial charge in [0.1, 0.15) is 17.5 Å². The number of likely N-dealkylation sites (N-methyl/N-ethyl adjacent to an activating group) is 1. The first-order chi connectivity index (χ1) is 13.0. The van der Waals surface area contributed by atoms with Crippen LogP contribution in [0.3, 0.4) is 0 Å². The van der Waals surface area contributed by atoms with Crippen LogP contribution in [0.5, 0.6) is 0 Å². The number of carbonyl (C=O) groups is 1. The van der Waals surface area contributed by atoms with Crippen LogP contribution in [-0.2, 0) is 4.79 Å². The molecule has 1 unspecified atom stereocenters. The summed E-state index contributed by atoms with van der Waals surface area (Å²) in [5.41, 5.74) is 0.740. The average Bonchev–Trinajstić information content (AvgIpc) is 3.24. The van der Waals surface area contributed by atoms with Gasteiger partial charge in [0.2, 0.25) is 11.9 Å². The fourth-order valence-electron chi connectivity index (χ4n) is 2.98. The molecule has 1 aliphatic rings. The first kappa shape index (κ1) is 17.3. The van der Waals surface area contributed by atoms with E-state index in [4.69, 9.17) is 0 Å². The highest BCUT2D eigenvalue weighted by atomic mass is 16.2. The van der Waals surface area contributed by atoms with Gasteiger partial charge in [-0.2, -0.15) is 19.9 Å². The van der Waals surface area contributed by atoms with Gasteiger partial charge >= 0.3 is 0 Å². The minimum absolute atomic E-state index is 0.165. The van der Waals surface area contributed by atoms with Crippen LogP contribution in [0.4, 0.5) is 17.6 Å². The van der Waals surface area contributed by atoms with Crippen LogP contribution < -0.4 is 16.0 Å². The molecule has 1 aliphatic carbocycles. The molecule has 0 spiro atoms. The highest BCUT2D eigenvalue weighted by Crippen LogP contribution is 2.34. The lowest BCUT2D eigenvalue weighted by Gasteiger charge is -2.15. The lowest BCUT2D eigenvalue weighted by molar-refractivity contribution is -0.123. The van der Waals surface area contributed by atoms with Gasteiger partial charge in [-0.3, -0.25) is 4.79 Å². The molecule has 4 N–H and O–H groups in total. The lowest BCUT2D eigenvalue weighted by Crippen LogP contribution is -2.29. The molecule has 1 saturated carbocycles. The second kappa shape index (κ2) is 6.86. The molecule has 3 heterocycles. The smallest absolute Gasteiger partial charge is 0.246 e. The molecule has 3 aromatic heterocycles. The maximum absolute atomic E-state index is 11.7. The van der Waals surface area contributed by atoms with Crippen molar-refractivity contribution in [3.05, 3.63) is 18.5 Å². The van der Waals surface area contributed by atoms with Crippen molar-refractivity contribution in [2.24, 2.45) is 5.92 Å². The third-order valence-electron chi connectivity index (χ3n) is 4.83. The fourth-order valence-corrected chi connectivity index (χ4v) is 2.98. The van der Waals surface area contributed by atoms with Crippen molar-refractivity contribution in [1.82, 2.24) is 35.3 Å². The molecule has 3 aromatic rings. The maximum Gasteiger partial charge on any atom is 0.246 e. The van der Waals surface area contributed by atoms with Crippen molar-refractivity contribution in [2.75, 3.05) is 17.7 Å². The van der Waals surface area contributed by atoms with Gasteiger partial charge < -0.3 is 20.9 Å². The molecule has 0 radical (unpaired) electrons. The number of hydrogen-bond donors (Lipinski definition) is 4. The number of nitrogens with one attached hydrogen (secondary N) is 4. The summed E-state index contributed by atoms with van der Waals surface area (Å²) in [7, 11) is 1.58. The summed E-state index contributed by atoms with van der Waals surface area (Å²) in [5, 5.41) is 18.5. The van der Waals surface area contributed by atoms with Crippen molar-refractivity contribution in [3.63, 3.8) is 0 Å². The van der Waals surface area contributed by atoms with Gasteiger partial charge in [0, 0.05) is 19.3 Å². The van der Waals surface area contributed by atoms with Gasteiger partial charge in [-0.1, -0.05) is 0 Å². The van der Waals surface area contributed by atoms with E-state index in [1.165, 1.54) is 17.6 Å². The van der Waals surface area contributed by atoms with Gasteiger partial charge in [0.15, 0.2) is 5.82 Å². The Labute approximate surface area is 156 Å². The van der Waals surface area contributed by atoms with Gasteiger partial charge in [-0.05, 0) is 38.7 Å². The van der Waals surface area contributed by atoms with Crippen LogP contribution in [-0.4, -0.2) is 48.9 Å². The molecule has 0 bridgehead atoms. The summed E-state index contributed by atoms with van der Waals surface area (Å²) in [4.78, 5) is 25.3. The molecule has 0 aliphatic heterocycles. The van der Waals surface area contributed by atoms with Gasteiger partial charge in [-0.15, -0.1) is 5.10 Å². The number of fused-ring (bicyclic) bond motifs is 1. The lowest BCUT2D eigenvalue weighted by atomic mass is 10.2. The number of nitrogens with zero attached hydrogens (tertiary/aromatic N) is 5. The number of hydrogen-bond acceptors (Lipinski definition) is 7. The molecular weight excluding hydrogens is 346 g/mol. The second-order valence-electron chi connectivity index (χ2n) is 6.87. The van der Waals surface area contributed by atoms with Gasteiger partial charge in [0.05, 0.1) is 11.6 Å². The van der Waals surface area contributed by atoms with Gasteiger partial charge in [0.25, 0.3) is 0 Å². The van der Waals surface area contributed by atoms with Crippen molar-refractivity contribution >= 4 is 34.5 Å². The van der Waals surface area contributed by atoms with E-state index in [1.54, 1.807) is 20.2 Å². The van der Waals surface area contributed by atoms with E-state index in [0.717, 1.165) is 16.9 Å². The average molecular weight is 369 g/mol. The Morgan fingerprint density at radius 2 is 2.15 bits per heavy atom. The van der Waals surface area contributed by atoms with Crippen LogP contribution in [0.2, 0.25) is 0 Å². The summed E-state index contributed by atoms with van der Waals surface area (Å²) in [5.74, 6) is 2.21. The van der Waals surface area contributed by atoms with Crippen LogP contribution >= 0.6 is 0 Å². The number of amides is 1. The summed E-state index contributed by atoms with van der Waals surface area (Å²) < 4.78 is 0. The number of aromatic amines is 1. The zero-order valence-corrected chi connectivity index (χ0v) is 15.5. The Morgan fingerprint density at radius 3 is 2.89 bits per heavy atom. The van der Waals surface area contributed by atoms with E-state index in [9.17, 15) is 4.79 Å². The monoisotopic (exact) mass is 369 g/mol. The Balaban J connectivity index is 1.57. The fraction of sp³-hybridized carbons (Fsp3) is 0.471. The predicted octanol–water partition coefficient (Wildman–Crippen LogP) is 1.81. The molecule has 0 saturated heterocycles. The Bertz CT molecular complexity index is 958. The minimum Gasteiger partial charge on any atom is -0.367 e. The molecule has 10 heteroatoms. The van der Waals surface area contributed by atoms with E-state index in [-0.39, 0.29) is 5.91 Å². The Hall–Kier alpha value is -3.17. The largest absolute Gasteiger partial charge is 0.367 e. The summed E-state index contributed by atoms with van der Waals surface area (Å²) in [6.07, 6.45) is 5.90. The topological polar surface area (TPSA) is 125 Å². The highest BCUT2D eigenvalue weighted by molar-refractivity contribution is 5.88. The van der Waals surface area contributed by atoms with Crippen molar-refractivity contribution < 1.29 is 4.79 Å². The molecule has 1 fully saturated rings. The minimum atomic E-state index is -0.506. The standard InChI is InChI=1S/C17H23N9O/c1-9(11-4-5-11)21-15-12-6-7-19-14(12)23-17(24-15)22-13-8-20-26(25-13)10(2)16(27)18-3/h6-11H,4-5H2,1-3H3,(H,18,27)(H3,19,21,22,23,24,25)/t9-,10?/m0/s1. The molecule has 2 atom stereocenters. The number of anilines is 3. The normalized spacial score (nSPS) is 16.1. The maximum atomic E-state index is 11.7. The van der Waals surface area contributed by atoms with Crippen LogP contribution in [0.1, 0.15) is 32.7 Å². The first-order valence-corrected chi connectivity index (χ1v) is 9.07. The van der Waals surface area contributed by atoms with Crippen LogP contribution in [0.15, 0.2) is 18.5 Å². The molecule has 27 heavy (non-hydrogen) atoms. The van der Waals surface area contributed by atoms with E-state index in [2.05, 4.69) is 48.0 Å². The number of aromatic nitrogens is 6. The molecule has 4 rings (SSSR count). The van der Waals surface area contributed by atoms with E-state index in [1.807, 2.05) is 12.3 Å². The van der Waals surface area contributed by atoms with E-state index >= 15 is 0 Å². The second-order valence-corrected chi connectivity index (χ2v) is 6.87. The van der Waals surface area contributed by atoms with Crippen molar-refractivity contribution in [2.45, 2.75) is 38.8 Å². The van der Waals surface area contributed by atoms with E-state index in [0.29, 0.717) is 23.7 Å². The zero-order valence-electron chi connectivity index (χ0n) is 15.5. The number of H-pyrrole nitrogens is 1. The van der Waals surface area contributed by atoms with E-state index < -0.39 is 6.04 Å². The molecule has 0 aromatic carbocycles. The summed E-state index contributed by atoms with van der Waals surface area (Å²) >= 11 is 0. The third kappa shape index (κ3) is 3.55. The van der Waals surface area contributed by atoms with Crippen molar-refractivity contribution in [1.29, 1.82) is 0 Å². The molecule has 142 valence electrons. The summed E-state index contributed by atoms with van der Waals surface area (Å²) in [6.45, 7) is 3.91. The zero-order chi connectivity index (χ0) is 19.0. The predicted molar refractivity (Wildman–Crippen MR) is 102 cm³/mol.